The Bertz CT molecular complexity index is 1360. The SMILES string of the molecule is Cc1ccc(C(=O)c2cc(Cl)ccc2NS(=O)(=O)c2ccc(N3CC(C)OC(C)C3)c(F)c2)cn1. The number of pyridine rings is 1. The highest BCUT2D eigenvalue weighted by atomic mass is 35.5. The number of aromatic nitrogens is 1. The summed E-state index contributed by atoms with van der Waals surface area (Å²) in [5.41, 5.74) is 1.41. The van der Waals surface area contributed by atoms with Crippen molar-refractivity contribution in [3.8, 4) is 0 Å². The molecule has 0 spiro atoms. The first-order valence-corrected chi connectivity index (χ1v) is 12.9. The molecule has 3 aromatic rings. The van der Waals surface area contributed by atoms with Crippen LogP contribution in [0.3, 0.4) is 0 Å². The van der Waals surface area contributed by atoms with Crippen molar-refractivity contribution in [2.24, 2.45) is 0 Å². The van der Waals surface area contributed by atoms with Gasteiger partial charge in [-0.2, -0.15) is 0 Å². The minimum Gasteiger partial charge on any atom is -0.372 e. The molecular weight excluding hydrogens is 493 g/mol. The smallest absolute Gasteiger partial charge is 0.262 e. The number of nitrogens with zero attached hydrogens (tertiary/aromatic N) is 2. The van der Waals surface area contributed by atoms with Gasteiger partial charge in [0, 0.05) is 41.1 Å². The van der Waals surface area contributed by atoms with E-state index < -0.39 is 21.6 Å². The molecule has 2 aromatic carbocycles. The summed E-state index contributed by atoms with van der Waals surface area (Å²) in [7, 11) is -4.21. The van der Waals surface area contributed by atoms with Crippen molar-refractivity contribution < 1.29 is 22.3 Å². The molecule has 4 rings (SSSR count). The zero-order chi connectivity index (χ0) is 25.3. The van der Waals surface area contributed by atoms with Gasteiger partial charge in [-0.1, -0.05) is 11.6 Å². The van der Waals surface area contributed by atoms with Crippen molar-refractivity contribution in [3.05, 3.63) is 82.4 Å². The molecule has 0 saturated carbocycles. The number of ether oxygens (including phenoxy) is 1. The van der Waals surface area contributed by atoms with Crippen molar-refractivity contribution in [1.82, 2.24) is 4.98 Å². The second kappa shape index (κ2) is 9.93. The lowest BCUT2D eigenvalue weighted by molar-refractivity contribution is -0.00540. The van der Waals surface area contributed by atoms with Gasteiger partial charge in [-0.15, -0.1) is 0 Å². The first-order chi connectivity index (χ1) is 16.5. The van der Waals surface area contributed by atoms with Crippen LogP contribution in [0.15, 0.2) is 59.6 Å². The number of carbonyl (C=O) groups excluding carboxylic acids is 1. The Hall–Kier alpha value is -3.01. The van der Waals surface area contributed by atoms with E-state index in [9.17, 15) is 13.2 Å². The van der Waals surface area contributed by atoms with E-state index >= 15 is 4.39 Å². The molecule has 0 radical (unpaired) electrons. The largest absolute Gasteiger partial charge is 0.372 e. The molecule has 1 aromatic heterocycles. The van der Waals surface area contributed by atoms with Gasteiger partial charge in [0.15, 0.2) is 5.78 Å². The molecule has 184 valence electrons. The van der Waals surface area contributed by atoms with E-state index in [0.717, 1.165) is 11.8 Å². The molecule has 10 heteroatoms. The van der Waals surface area contributed by atoms with Crippen molar-refractivity contribution in [1.29, 1.82) is 0 Å². The highest BCUT2D eigenvalue weighted by Crippen LogP contribution is 2.29. The monoisotopic (exact) mass is 517 g/mol. The average molecular weight is 518 g/mol. The van der Waals surface area contributed by atoms with Crippen LogP contribution in [0.5, 0.6) is 0 Å². The van der Waals surface area contributed by atoms with Crippen LogP contribution in [0.2, 0.25) is 5.02 Å². The number of carbonyl (C=O) groups is 1. The number of hydrogen-bond acceptors (Lipinski definition) is 6. The van der Waals surface area contributed by atoms with E-state index in [1.165, 1.54) is 36.5 Å². The summed E-state index contributed by atoms with van der Waals surface area (Å²) in [6.07, 6.45) is 1.26. The second-order valence-electron chi connectivity index (χ2n) is 8.59. The fourth-order valence-electron chi connectivity index (χ4n) is 4.04. The third kappa shape index (κ3) is 5.63. The summed E-state index contributed by atoms with van der Waals surface area (Å²) in [6.45, 7) is 6.59. The summed E-state index contributed by atoms with van der Waals surface area (Å²) in [5.74, 6) is -1.11. The average Bonchev–Trinajstić information content (AvgIpc) is 2.79. The summed E-state index contributed by atoms with van der Waals surface area (Å²) < 4.78 is 49.3. The number of aryl methyl sites for hydroxylation is 1. The van der Waals surface area contributed by atoms with E-state index in [1.54, 1.807) is 19.1 Å². The van der Waals surface area contributed by atoms with Crippen LogP contribution in [0.25, 0.3) is 0 Å². The molecule has 1 aliphatic rings. The Morgan fingerprint density at radius 2 is 1.83 bits per heavy atom. The van der Waals surface area contributed by atoms with E-state index in [4.69, 9.17) is 16.3 Å². The number of rotatable bonds is 6. The number of sulfonamides is 1. The van der Waals surface area contributed by atoms with Gasteiger partial charge in [0.25, 0.3) is 10.0 Å². The summed E-state index contributed by atoms with van der Waals surface area (Å²) in [6, 6.07) is 11.3. The van der Waals surface area contributed by atoms with E-state index in [0.29, 0.717) is 18.8 Å². The van der Waals surface area contributed by atoms with Crippen molar-refractivity contribution in [2.75, 3.05) is 22.7 Å². The number of nitrogens with one attached hydrogen (secondary N) is 1. The number of halogens is 2. The Balaban J connectivity index is 1.63. The third-order valence-corrected chi connectivity index (χ3v) is 7.23. The Morgan fingerprint density at radius 3 is 2.46 bits per heavy atom. The maximum absolute atomic E-state index is 15.0. The molecule has 1 aliphatic heterocycles. The van der Waals surface area contributed by atoms with Gasteiger partial charge >= 0.3 is 0 Å². The molecule has 35 heavy (non-hydrogen) atoms. The Morgan fingerprint density at radius 1 is 1.11 bits per heavy atom. The van der Waals surface area contributed by atoms with E-state index in [2.05, 4.69) is 9.71 Å². The highest BCUT2D eigenvalue weighted by molar-refractivity contribution is 7.92. The maximum atomic E-state index is 15.0. The molecule has 0 aliphatic carbocycles. The molecule has 2 unspecified atom stereocenters. The predicted molar refractivity (Wildman–Crippen MR) is 133 cm³/mol. The number of benzene rings is 2. The van der Waals surface area contributed by atoms with E-state index in [1.807, 2.05) is 18.7 Å². The molecule has 1 fully saturated rings. The number of hydrogen-bond donors (Lipinski definition) is 1. The van der Waals surface area contributed by atoms with Crippen molar-refractivity contribution in [2.45, 2.75) is 37.9 Å². The minimum absolute atomic E-state index is 0.0280. The van der Waals surface area contributed by atoms with Gasteiger partial charge in [0.2, 0.25) is 0 Å². The molecule has 2 atom stereocenters. The zero-order valence-electron chi connectivity index (χ0n) is 19.5. The zero-order valence-corrected chi connectivity index (χ0v) is 21.0. The normalized spacial score (nSPS) is 18.4. The lowest BCUT2D eigenvalue weighted by Gasteiger charge is -2.37. The number of anilines is 2. The van der Waals surface area contributed by atoms with Crippen LogP contribution in [0.4, 0.5) is 15.8 Å². The first kappa shape index (κ1) is 25.1. The molecule has 7 nitrogen and oxygen atoms in total. The van der Waals surface area contributed by atoms with Crippen LogP contribution < -0.4 is 9.62 Å². The third-order valence-electron chi connectivity index (χ3n) is 5.63. The van der Waals surface area contributed by atoms with Gasteiger partial charge in [-0.05, 0) is 69.3 Å². The lowest BCUT2D eigenvalue weighted by atomic mass is 10.0. The van der Waals surface area contributed by atoms with Crippen LogP contribution >= 0.6 is 11.6 Å². The van der Waals surface area contributed by atoms with Gasteiger partial charge in [0.05, 0.1) is 28.5 Å². The van der Waals surface area contributed by atoms with Crippen molar-refractivity contribution in [3.63, 3.8) is 0 Å². The van der Waals surface area contributed by atoms with Crippen LogP contribution in [-0.2, 0) is 14.8 Å². The van der Waals surface area contributed by atoms with Crippen LogP contribution in [0.1, 0.15) is 35.5 Å². The van der Waals surface area contributed by atoms with E-state index in [-0.39, 0.29) is 38.9 Å². The second-order valence-corrected chi connectivity index (χ2v) is 10.7. The standard InChI is InChI=1S/C25H25ClFN3O4S/c1-15-4-5-18(12-28-15)25(31)21-10-19(26)6-8-23(21)29-35(32,33)20-7-9-24(22(27)11-20)30-13-16(2)34-17(3)14-30/h4-12,16-17,29H,13-14H2,1-3H3. The van der Waals surface area contributed by atoms with Gasteiger partial charge in [-0.3, -0.25) is 14.5 Å². The van der Waals surface area contributed by atoms with Crippen molar-refractivity contribution >= 4 is 38.8 Å². The fourth-order valence-corrected chi connectivity index (χ4v) is 5.30. The summed E-state index contributed by atoms with van der Waals surface area (Å²) in [5, 5.41) is 0.265. The molecule has 0 bridgehead atoms. The highest BCUT2D eigenvalue weighted by Gasteiger charge is 2.26. The Kier molecular flexibility index (Phi) is 7.12. The van der Waals surface area contributed by atoms with Crippen LogP contribution in [-0.4, -0.2) is 44.5 Å². The summed E-state index contributed by atoms with van der Waals surface area (Å²) in [4.78, 5) is 18.8. The minimum atomic E-state index is -4.21. The quantitative estimate of drug-likeness (QED) is 0.471. The number of ketones is 1. The molecule has 1 saturated heterocycles. The predicted octanol–water partition coefficient (Wildman–Crippen LogP) is 4.83. The number of morpholine rings is 1. The maximum Gasteiger partial charge on any atom is 0.262 e. The lowest BCUT2D eigenvalue weighted by Crippen LogP contribution is -2.45. The summed E-state index contributed by atoms with van der Waals surface area (Å²) >= 11 is 6.09. The Labute approximate surface area is 208 Å². The first-order valence-electron chi connectivity index (χ1n) is 11.0. The molecule has 2 heterocycles. The molecular formula is C25H25ClFN3O4S. The van der Waals surface area contributed by atoms with Crippen LogP contribution in [0, 0.1) is 12.7 Å². The fraction of sp³-hybridized carbons (Fsp3) is 0.280. The topological polar surface area (TPSA) is 88.6 Å². The van der Waals surface area contributed by atoms with Gasteiger partial charge in [-0.25, -0.2) is 12.8 Å². The van der Waals surface area contributed by atoms with Gasteiger partial charge in [0.1, 0.15) is 5.82 Å². The molecule has 1 N–H and O–H groups in total. The molecule has 0 amide bonds. The van der Waals surface area contributed by atoms with Gasteiger partial charge < -0.3 is 9.64 Å².